The summed E-state index contributed by atoms with van der Waals surface area (Å²) in [5, 5.41) is 5.21. The summed E-state index contributed by atoms with van der Waals surface area (Å²) < 4.78 is 11.3. The Bertz CT molecular complexity index is 1210. The number of carbonyl (C=O) groups is 1. The first kappa shape index (κ1) is 22.0. The lowest BCUT2D eigenvalue weighted by molar-refractivity contribution is -0.139. The van der Waals surface area contributed by atoms with E-state index >= 15 is 0 Å². The Morgan fingerprint density at radius 1 is 1.12 bits per heavy atom. The van der Waals surface area contributed by atoms with Gasteiger partial charge in [-0.1, -0.05) is 17.7 Å². The van der Waals surface area contributed by atoms with E-state index in [0.29, 0.717) is 31.4 Å². The minimum absolute atomic E-state index is 0.0815. The maximum atomic E-state index is 13.3. The Morgan fingerprint density at radius 2 is 2.00 bits per heavy atom. The van der Waals surface area contributed by atoms with Gasteiger partial charge in [-0.3, -0.25) is 4.79 Å². The van der Waals surface area contributed by atoms with Gasteiger partial charge in [-0.15, -0.1) is 0 Å². The molecule has 1 unspecified atom stereocenters. The number of halogens is 1. The van der Waals surface area contributed by atoms with Crippen LogP contribution in [0.5, 0.6) is 0 Å². The quantitative estimate of drug-likeness (QED) is 0.595. The van der Waals surface area contributed by atoms with E-state index in [-0.39, 0.29) is 17.9 Å². The number of nitrogens with zero attached hydrogens (tertiary/aromatic N) is 2. The predicted molar refractivity (Wildman–Crippen MR) is 131 cm³/mol. The molecule has 3 aliphatic rings. The number of ether oxygens (including phenoxy) is 2. The number of aromatic nitrogens is 2. The smallest absolute Gasteiger partial charge is 0.226 e. The molecule has 5 heterocycles. The second-order valence-electron chi connectivity index (χ2n) is 9.44. The van der Waals surface area contributed by atoms with Gasteiger partial charge in [0.1, 0.15) is 5.65 Å². The molecule has 3 aliphatic heterocycles. The molecule has 0 spiro atoms. The number of fused-ring (bicyclic) bond motifs is 2. The van der Waals surface area contributed by atoms with Crippen LogP contribution >= 0.6 is 11.6 Å². The topological polar surface area (TPSA) is 79.5 Å². The van der Waals surface area contributed by atoms with Crippen LogP contribution in [0.25, 0.3) is 22.2 Å². The van der Waals surface area contributed by atoms with Crippen molar-refractivity contribution in [3.63, 3.8) is 0 Å². The Hall–Kier alpha value is -2.45. The van der Waals surface area contributed by atoms with E-state index in [0.717, 1.165) is 61.1 Å². The van der Waals surface area contributed by atoms with Crippen molar-refractivity contribution in [1.82, 2.24) is 20.2 Å². The van der Waals surface area contributed by atoms with E-state index in [4.69, 9.17) is 21.1 Å². The normalized spacial score (nSPS) is 21.6. The summed E-state index contributed by atoms with van der Waals surface area (Å²) in [6, 6.07) is 6.72. The van der Waals surface area contributed by atoms with Crippen LogP contribution in [-0.4, -0.2) is 60.3 Å². The molecule has 0 radical (unpaired) electrons. The number of carbonyl (C=O) groups excluding carboxylic acids is 1. The number of H-pyrrole nitrogens is 1. The van der Waals surface area contributed by atoms with Crippen molar-refractivity contribution in [2.45, 2.75) is 31.8 Å². The first-order valence-corrected chi connectivity index (χ1v) is 12.5. The fraction of sp³-hybridized carbons (Fsp3) is 0.462. The minimum atomic E-state index is 0.0815. The number of rotatable bonds is 3. The largest absolute Gasteiger partial charge is 0.381 e. The van der Waals surface area contributed by atoms with Crippen molar-refractivity contribution >= 4 is 28.5 Å². The zero-order valence-corrected chi connectivity index (χ0v) is 19.9. The number of nitrogens with one attached hydrogen (secondary N) is 2. The third kappa shape index (κ3) is 4.11. The van der Waals surface area contributed by atoms with Crippen LogP contribution in [0.15, 0.2) is 30.6 Å². The number of hydrogen-bond acceptors (Lipinski definition) is 5. The Kier molecular flexibility index (Phi) is 6.03. The molecule has 8 heteroatoms. The van der Waals surface area contributed by atoms with Gasteiger partial charge in [0.15, 0.2) is 0 Å². The van der Waals surface area contributed by atoms with Crippen LogP contribution in [-0.2, 0) is 27.2 Å². The molecule has 2 N–H and O–H groups in total. The van der Waals surface area contributed by atoms with Crippen LogP contribution in [0.1, 0.15) is 35.6 Å². The fourth-order valence-corrected chi connectivity index (χ4v) is 5.66. The van der Waals surface area contributed by atoms with Gasteiger partial charge in [0.25, 0.3) is 0 Å². The first-order chi connectivity index (χ1) is 16.7. The van der Waals surface area contributed by atoms with Crippen molar-refractivity contribution in [1.29, 1.82) is 0 Å². The molecule has 2 fully saturated rings. The highest BCUT2D eigenvalue weighted by molar-refractivity contribution is 6.35. The monoisotopic (exact) mass is 480 g/mol. The second-order valence-corrected chi connectivity index (χ2v) is 9.85. The van der Waals surface area contributed by atoms with Gasteiger partial charge in [0.05, 0.1) is 24.3 Å². The van der Waals surface area contributed by atoms with E-state index < -0.39 is 0 Å². The molecule has 1 atom stereocenters. The van der Waals surface area contributed by atoms with Gasteiger partial charge < -0.3 is 24.7 Å². The molecule has 34 heavy (non-hydrogen) atoms. The van der Waals surface area contributed by atoms with Crippen LogP contribution in [0.3, 0.4) is 0 Å². The lowest BCUT2D eigenvalue weighted by Crippen LogP contribution is -2.42. The molecule has 0 aliphatic carbocycles. The van der Waals surface area contributed by atoms with Crippen molar-refractivity contribution < 1.29 is 14.3 Å². The average molecular weight is 481 g/mol. The molecule has 2 saturated heterocycles. The maximum Gasteiger partial charge on any atom is 0.226 e. The average Bonchev–Trinajstić information content (AvgIpc) is 3.28. The van der Waals surface area contributed by atoms with Gasteiger partial charge in [-0.2, -0.15) is 0 Å². The summed E-state index contributed by atoms with van der Waals surface area (Å²) >= 11 is 6.37. The molecule has 1 aromatic carbocycles. The molecule has 3 aromatic rings. The molecule has 0 bridgehead atoms. The molecular formula is C26H29ClN4O3. The van der Waals surface area contributed by atoms with Crippen molar-refractivity contribution in [2.24, 2.45) is 5.92 Å². The van der Waals surface area contributed by atoms with Crippen LogP contribution < -0.4 is 5.32 Å². The van der Waals surface area contributed by atoms with Crippen LogP contribution in [0.2, 0.25) is 5.02 Å². The third-order valence-corrected chi connectivity index (χ3v) is 7.68. The number of amides is 1. The van der Waals surface area contributed by atoms with E-state index in [9.17, 15) is 4.79 Å². The van der Waals surface area contributed by atoms with E-state index in [1.165, 1.54) is 16.7 Å². The summed E-state index contributed by atoms with van der Waals surface area (Å²) in [6.07, 6.45) is 6.16. The molecular weight excluding hydrogens is 452 g/mol. The fourth-order valence-electron chi connectivity index (χ4n) is 5.46. The molecule has 1 amide bonds. The number of hydrogen-bond donors (Lipinski definition) is 2. The SMILES string of the molecule is O=C(C1CCOCC1)N1CCc2cc(-c3cnc4[nH]cc(Cl)c4c3)cc(C3COCCN3)c2C1. The lowest BCUT2D eigenvalue weighted by atomic mass is 9.86. The minimum Gasteiger partial charge on any atom is -0.381 e. The van der Waals surface area contributed by atoms with E-state index in [2.05, 4.69) is 38.4 Å². The summed E-state index contributed by atoms with van der Waals surface area (Å²) in [5.74, 6) is 0.353. The molecule has 7 nitrogen and oxygen atoms in total. The van der Waals surface area contributed by atoms with Crippen molar-refractivity contribution in [2.75, 3.05) is 39.5 Å². The highest BCUT2D eigenvalue weighted by Crippen LogP contribution is 2.35. The van der Waals surface area contributed by atoms with E-state index in [1.54, 1.807) is 6.20 Å². The number of benzene rings is 1. The first-order valence-electron chi connectivity index (χ1n) is 12.1. The Labute approximate surface area is 203 Å². The van der Waals surface area contributed by atoms with Crippen LogP contribution in [0, 0.1) is 5.92 Å². The summed E-state index contributed by atoms with van der Waals surface area (Å²) in [7, 11) is 0. The van der Waals surface area contributed by atoms with Gasteiger partial charge in [-0.05, 0) is 53.6 Å². The third-order valence-electron chi connectivity index (χ3n) is 7.37. The number of aromatic amines is 1. The van der Waals surface area contributed by atoms with Gasteiger partial charge in [0.2, 0.25) is 5.91 Å². The predicted octanol–water partition coefficient (Wildman–Crippen LogP) is 3.86. The molecule has 2 aromatic heterocycles. The lowest BCUT2D eigenvalue weighted by Gasteiger charge is -2.36. The number of pyridine rings is 1. The maximum absolute atomic E-state index is 13.3. The standard InChI is InChI=1S/C26H29ClN4O3/c27-23-13-30-25-21(23)11-19(12-29-25)18-9-17-1-5-31(26(32)16-2-6-33-7-3-16)14-22(17)20(10-18)24-15-34-8-4-28-24/h9-13,16,24,28H,1-8,14-15H2,(H,29,30). The summed E-state index contributed by atoms with van der Waals surface area (Å²) in [4.78, 5) is 23.0. The summed E-state index contributed by atoms with van der Waals surface area (Å²) in [6.45, 7) is 4.94. The van der Waals surface area contributed by atoms with E-state index in [1.807, 2.05) is 6.20 Å². The molecule has 6 rings (SSSR count). The second kappa shape index (κ2) is 9.30. The molecule has 178 valence electrons. The molecule has 0 saturated carbocycles. The highest BCUT2D eigenvalue weighted by Gasteiger charge is 2.31. The van der Waals surface area contributed by atoms with Crippen LogP contribution in [0.4, 0.5) is 0 Å². The Morgan fingerprint density at radius 3 is 2.82 bits per heavy atom. The van der Waals surface area contributed by atoms with Gasteiger partial charge in [-0.25, -0.2) is 4.98 Å². The number of morpholine rings is 1. The van der Waals surface area contributed by atoms with Crippen molar-refractivity contribution in [3.05, 3.63) is 52.3 Å². The van der Waals surface area contributed by atoms with Gasteiger partial charge in [0, 0.05) is 62.1 Å². The Balaban J connectivity index is 1.37. The summed E-state index contributed by atoms with van der Waals surface area (Å²) in [5.41, 5.74) is 6.73. The van der Waals surface area contributed by atoms with Gasteiger partial charge >= 0.3 is 0 Å². The zero-order chi connectivity index (χ0) is 23.1. The van der Waals surface area contributed by atoms with Crippen molar-refractivity contribution in [3.8, 4) is 11.1 Å². The highest BCUT2D eigenvalue weighted by atomic mass is 35.5. The zero-order valence-electron chi connectivity index (χ0n) is 19.1.